The van der Waals surface area contributed by atoms with Gasteiger partial charge < -0.3 is 24.7 Å². The van der Waals surface area contributed by atoms with Crippen molar-refractivity contribution in [2.75, 3.05) is 6.61 Å². The van der Waals surface area contributed by atoms with Crippen molar-refractivity contribution < 1.29 is 29.0 Å². The molecule has 1 heterocycles. The third-order valence-corrected chi connectivity index (χ3v) is 3.27. The van der Waals surface area contributed by atoms with Gasteiger partial charge in [-0.25, -0.2) is 9.59 Å². The molecule has 0 saturated carbocycles. The molecule has 0 radical (unpaired) electrons. The number of aromatic carboxylic acids is 1. The van der Waals surface area contributed by atoms with Gasteiger partial charge in [0.2, 0.25) is 5.76 Å². The average molecular weight is 319 g/mol. The van der Waals surface area contributed by atoms with Gasteiger partial charge in [0.1, 0.15) is 17.9 Å². The number of aliphatic hydroxyl groups excluding tert-OH is 1. The van der Waals surface area contributed by atoms with Crippen LogP contribution in [-0.2, 0) is 16.9 Å². The Hall–Kier alpha value is -2.80. The first-order chi connectivity index (χ1) is 10.9. The summed E-state index contributed by atoms with van der Waals surface area (Å²) in [5, 5.41) is 20.9. The maximum Gasteiger partial charge on any atom is 0.408 e. The van der Waals surface area contributed by atoms with Crippen molar-refractivity contribution in [2.24, 2.45) is 0 Å². The number of rotatable bonds is 6. The van der Waals surface area contributed by atoms with Crippen LogP contribution in [0.1, 0.15) is 28.8 Å². The van der Waals surface area contributed by atoms with Crippen LogP contribution in [0.3, 0.4) is 0 Å². The number of aliphatic hydroxyl groups is 1. The largest absolute Gasteiger partial charge is 0.475 e. The second-order valence-corrected chi connectivity index (χ2v) is 5.15. The van der Waals surface area contributed by atoms with Gasteiger partial charge in [0.25, 0.3) is 0 Å². The Morgan fingerprint density at radius 1 is 1.22 bits per heavy atom. The zero-order valence-electron chi connectivity index (χ0n) is 12.5. The minimum atomic E-state index is -1.29. The van der Waals surface area contributed by atoms with E-state index in [-0.39, 0.29) is 18.1 Å². The SMILES string of the molecule is CC(CO)(NC(=O)OCc1ccccc1)c1ccc(C(=O)O)o1. The van der Waals surface area contributed by atoms with Crippen molar-refractivity contribution in [1.82, 2.24) is 5.32 Å². The molecular weight excluding hydrogens is 302 g/mol. The zero-order valence-corrected chi connectivity index (χ0v) is 12.5. The summed E-state index contributed by atoms with van der Waals surface area (Å²) in [6.45, 7) is 1.09. The first kappa shape index (κ1) is 16.6. The molecule has 0 fully saturated rings. The van der Waals surface area contributed by atoms with Crippen molar-refractivity contribution in [3.8, 4) is 0 Å². The number of carboxylic acids is 1. The highest BCUT2D eigenvalue weighted by Gasteiger charge is 2.32. The zero-order chi connectivity index (χ0) is 16.9. The Morgan fingerprint density at radius 3 is 2.48 bits per heavy atom. The van der Waals surface area contributed by atoms with E-state index in [9.17, 15) is 14.7 Å². The van der Waals surface area contributed by atoms with Crippen LogP contribution in [-0.4, -0.2) is 28.9 Å². The predicted molar refractivity (Wildman–Crippen MR) is 79.9 cm³/mol. The van der Waals surface area contributed by atoms with Gasteiger partial charge >= 0.3 is 12.1 Å². The highest BCUT2D eigenvalue weighted by Crippen LogP contribution is 2.23. The first-order valence-electron chi connectivity index (χ1n) is 6.88. The molecule has 0 spiro atoms. The molecule has 0 aliphatic carbocycles. The Balaban J connectivity index is 2.01. The van der Waals surface area contributed by atoms with Gasteiger partial charge in [0, 0.05) is 0 Å². The normalized spacial score (nSPS) is 13.1. The first-order valence-corrected chi connectivity index (χ1v) is 6.88. The molecule has 0 aliphatic heterocycles. The smallest absolute Gasteiger partial charge is 0.408 e. The van der Waals surface area contributed by atoms with E-state index in [2.05, 4.69) is 5.32 Å². The fraction of sp³-hybridized carbons (Fsp3) is 0.250. The summed E-state index contributed by atoms with van der Waals surface area (Å²) in [5.41, 5.74) is -0.471. The number of carbonyl (C=O) groups is 2. The lowest BCUT2D eigenvalue weighted by Gasteiger charge is -2.25. The minimum absolute atomic E-state index is 0.0761. The molecule has 3 N–H and O–H groups in total. The standard InChI is InChI=1S/C16H17NO6/c1-16(10-18,13-8-7-12(23-13)14(19)20)17-15(21)22-9-11-5-3-2-4-6-11/h2-8,18H,9-10H2,1H3,(H,17,21)(H,19,20). The molecule has 7 heteroatoms. The Bertz CT molecular complexity index is 681. The van der Waals surface area contributed by atoms with E-state index >= 15 is 0 Å². The summed E-state index contributed by atoms with van der Waals surface area (Å²) in [6.07, 6.45) is -0.751. The van der Waals surface area contributed by atoms with Crippen LogP contribution in [0.2, 0.25) is 0 Å². The molecular formula is C16H17NO6. The number of furan rings is 1. The van der Waals surface area contributed by atoms with Gasteiger partial charge in [-0.2, -0.15) is 0 Å². The number of nitrogens with one attached hydrogen (secondary N) is 1. The van der Waals surface area contributed by atoms with Crippen LogP contribution >= 0.6 is 0 Å². The minimum Gasteiger partial charge on any atom is -0.475 e. The highest BCUT2D eigenvalue weighted by atomic mass is 16.5. The average Bonchev–Trinajstić information content (AvgIpc) is 3.05. The van der Waals surface area contributed by atoms with Gasteiger partial charge in [-0.05, 0) is 24.6 Å². The number of hydrogen-bond donors (Lipinski definition) is 3. The summed E-state index contributed by atoms with van der Waals surface area (Å²) >= 11 is 0. The third kappa shape index (κ3) is 4.10. The number of ether oxygens (including phenoxy) is 1. The van der Waals surface area contributed by atoms with E-state index in [1.165, 1.54) is 19.1 Å². The van der Waals surface area contributed by atoms with Crippen LogP contribution in [0.25, 0.3) is 0 Å². The van der Waals surface area contributed by atoms with Gasteiger partial charge in [0.05, 0.1) is 6.61 Å². The Kier molecular flexibility index (Phi) is 5.02. The van der Waals surface area contributed by atoms with Gasteiger partial charge in [-0.1, -0.05) is 30.3 Å². The van der Waals surface area contributed by atoms with E-state index in [4.69, 9.17) is 14.3 Å². The van der Waals surface area contributed by atoms with Gasteiger partial charge in [0.15, 0.2) is 0 Å². The van der Waals surface area contributed by atoms with Crippen LogP contribution in [0.15, 0.2) is 46.9 Å². The fourth-order valence-electron chi connectivity index (χ4n) is 1.91. The molecule has 23 heavy (non-hydrogen) atoms. The van der Waals surface area contributed by atoms with E-state index in [1.807, 2.05) is 30.3 Å². The van der Waals surface area contributed by atoms with Crippen molar-refractivity contribution >= 4 is 12.1 Å². The van der Waals surface area contributed by atoms with E-state index in [0.29, 0.717) is 0 Å². The summed E-state index contributed by atoms with van der Waals surface area (Å²) in [6, 6.07) is 11.8. The molecule has 1 atom stereocenters. The number of benzene rings is 1. The van der Waals surface area contributed by atoms with Crippen molar-refractivity contribution in [2.45, 2.75) is 19.1 Å². The van der Waals surface area contributed by atoms with Crippen molar-refractivity contribution in [1.29, 1.82) is 0 Å². The molecule has 2 rings (SSSR count). The number of carboxylic acid groups (broad SMARTS) is 1. The molecule has 0 aliphatic rings. The van der Waals surface area contributed by atoms with Gasteiger partial charge in [-0.15, -0.1) is 0 Å². The number of alkyl carbamates (subject to hydrolysis) is 1. The van der Waals surface area contributed by atoms with Crippen LogP contribution in [0, 0.1) is 0 Å². The highest BCUT2D eigenvalue weighted by molar-refractivity contribution is 5.84. The molecule has 2 aromatic rings. The van der Waals surface area contributed by atoms with Crippen molar-refractivity contribution in [3.05, 3.63) is 59.5 Å². The molecule has 1 unspecified atom stereocenters. The summed E-state index contributed by atoms with van der Waals surface area (Å²) in [5.74, 6) is -1.39. The lowest BCUT2D eigenvalue weighted by molar-refractivity contribution is 0.0650. The molecule has 0 saturated heterocycles. The second kappa shape index (κ2) is 6.97. The van der Waals surface area contributed by atoms with E-state index < -0.39 is 24.2 Å². The van der Waals surface area contributed by atoms with E-state index in [1.54, 1.807) is 0 Å². The lowest BCUT2D eigenvalue weighted by atomic mass is 10.0. The quantitative estimate of drug-likeness (QED) is 0.752. The maximum absolute atomic E-state index is 11.9. The van der Waals surface area contributed by atoms with E-state index in [0.717, 1.165) is 5.56 Å². The molecule has 122 valence electrons. The Labute approximate surface area is 132 Å². The summed E-state index contributed by atoms with van der Waals surface area (Å²) in [7, 11) is 0. The fourth-order valence-corrected chi connectivity index (χ4v) is 1.91. The molecule has 7 nitrogen and oxygen atoms in total. The molecule has 0 bridgehead atoms. The summed E-state index contributed by atoms with van der Waals surface area (Å²) in [4.78, 5) is 22.7. The monoisotopic (exact) mass is 319 g/mol. The molecule has 1 aromatic carbocycles. The Morgan fingerprint density at radius 2 is 1.91 bits per heavy atom. The number of carbonyl (C=O) groups excluding carboxylic acids is 1. The topological polar surface area (TPSA) is 109 Å². The number of amides is 1. The van der Waals surface area contributed by atoms with Crippen LogP contribution < -0.4 is 5.32 Å². The molecule has 1 amide bonds. The molecule has 1 aromatic heterocycles. The summed E-state index contributed by atoms with van der Waals surface area (Å²) < 4.78 is 10.2. The van der Waals surface area contributed by atoms with Crippen LogP contribution in [0.5, 0.6) is 0 Å². The van der Waals surface area contributed by atoms with Crippen LogP contribution in [0.4, 0.5) is 4.79 Å². The lowest BCUT2D eigenvalue weighted by Crippen LogP contribution is -2.46. The maximum atomic E-state index is 11.9. The predicted octanol–water partition coefficient (Wildman–Crippen LogP) is 2.11. The third-order valence-electron chi connectivity index (χ3n) is 3.27. The van der Waals surface area contributed by atoms with Crippen molar-refractivity contribution in [3.63, 3.8) is 0 Å². The second-order valence-electron chi connectivity index (χ2n) is 5.15. The van der Waals surface area contributed by atoms with Gasteiger partial charge in [-0.3, -0.25) is 0 Å². The number of hydrogen-bond acceptors (Lipinski definition) is 5.